The molecule has 0 saturated carbocycles. The fourth-order valence-corrected chi connectivity index (χ4v) is 1.50. The summed E-state index contributed by atoms with van der Waals surface area (Å²) in [5.41, 5.74) is 1.25. The molecule has 0 fully saturated rings. The molecule has 0 aliphatic carbocycles. The minimum atomic E-state index is -0.148. The van der Waals surface area contributed by atoms with Crippen LogP contribution < -0.4 is 0 Å². The van der Waals surface area contributed by atoms with E-state index in [1.165, 1.54) is 17.7 Å². The summed E-state index contributed by atoms with van der Waals surface area (Å²) < 4.78 is 12.6. The second-order valence-electron chi connectivity index (χ2n) is 3.06. The maximum Gasteiger partial charge on any atom is 0.123 e. The highest BCUT2D eigenvalue weighted by Crippen LogP contribution is 2.22. The Morgan fingerprint density at radius 1 is 1.00 bits per heavy atom. The molecule has 14 heavy (non-hydrogen) atoms. The van der Waals surface area contributed by atoms with Gasteiger partial charge in [-0.1, -0.05) is 39.8 Å². The van der Waals surface area contributed by atoms with Crippen LogP contribution >= 0.6 is 0 Å². The maximum absolute atomic E-state index is 12.6. The molecular weight excluding hydrogens is 175 g/mol. The van der Waals surface area contributed by atoms with Gasteiger partial charge in [0.25, 0.3) is 0 Å². The Hall–Kier alpha value is -0.850. The molecule has 80 valence electrons. The molecule has 0 atom stereocenters. The molecule has 0 aromatic heterocycles. The van der Waals surface area contributed by atoms with Crippen molar-refractivity contribution < 1.29 is 4.39 Å². The monoisotopic (exact) mass is 196 g/mol. The second kappa shape index (κ2) is 7.54. The van der Waals surface area contributed by atoms with E-state index in [9.17, 15) is 4.39 Å². The Balaban J connectivity index is 0.000000791. The van der Waals surface area contributed by atoms with Crippen LogP contribution in [0.3, 0.4) is 0 Å². The van der Waals surface area contributed by atoms with E-state index in [0.29, 0.717) is 5.92 Å². The predicted octanol–water partition coefficient (Wildman–Crippen LogP) is 4.76. The van der Waals surface area contributed by atoms with Crippen molar-refractivity contribution >= 4 is 0 Å². The van der Waals surface area contributed by atoms with Crippen molar-refractivity contribution in [3.63, 3.8) is 0 Å². The van der Waals surface area contributed by atoms with Gasteiger partial charge in [0.1, 0.15) is 5.82 Å². The number of benzene rings is 1. The van der Waals surface area contributed by atoms with E-state index in [4.69, 9.17) is 0 Å². The van der Waals surface area contributed by atoms with Gasteiger partial charge in [0.15, 0.2) is 0 Å². The van der Waals surface area contributed by atoms with Gasteiger partial charge in [0.05, 0.1) is 0 Å². The third-order valence-corrected chi connectivity index (χ3v) is 2.33. The summed E-state index contributed by atoms with van der Waals surface area (Å²) in [6, 6.07) is 6.83. The molecule has 1 aromatic carbocycles. The van der Waals surface area contributed by atoms with E-state index in [0.717, 1.165) is 12.8 Å². The van der Waals surface area contributed by atoms with Crippen LogP contribution in [-0.4, -0.2) is 0 Å². The fraction of sp³-hybridized carbons (Fsp3) is 0.538. The summed E-state index contributed by atoms with van der Waals surface area (Å²) in [7, 11) is 0. The molecule has 0 nitrogen and oxygen atoms in total. The molecule has 0 amide bonds. The van der Waals surface area contributed by atoms with E-state index in [2.05, 4.69) is 13.8 Å². The highest BCUT2D eigenvalue weighted by molar-refractivity contribution is 5.20. The van der Waals surface area contributed by atoms with Crippen LogP contribution in [0.4, 0.5) is 4.39 Å². The largest absolute Gasteiger partial charge is 0.207 e. The van der Waals surface area contributed by atoms with E-state index in [1.807, 2.05) is 26.0 Å². The van der Waals surface area contributed by atoms with Gasteiger partial charge in [-0.2, -0.15) is 0 Å². The first-order chi connectivity index (χ1) is 6.77. The Kier molecular flexibility index (Phi) is 7.09. The Labute approximate surface area is 87.2 Å². The molecule has 0 unspecified atom stereocenters. The molecule has 0 heterocycles. The van der Waals surface area contributed by atoms with Crippen LogP contribution in [0.15, 0.2) is 24.3 Å². The number of hydrogen-bond acceptors (Lipinski definition) is 0. The first kappa shape index (κ1) is 13.2. The van der Waals surface area contributed by atoms with Gasteiger partial charge in [0, 0.05) is 0 Å². The summed E-state index contributed by atoms with van der Waals surface area (Å²) in [4.78, 5) is 0. The minimum Gasteiger partial charge on any atom is -0.207 e. The quantitative estimate of drug-likeness (QED) is 0.654. The lowest BCUT2D eigenvalue weighted by atomic mass is 9.94. The van der Waals surface area contributed by atoms with E-state index >= 15 is 0 Å². The van der Waals surface area contributed by atoms with Gasteiger partial charge in [-0.05, 0) is 36.5 Å². The SMILES string of the molecule is CC.CCC(CC)c1ccc(F)cc1. The lowest BCUT2D eigenvalue weighted by molar-refractivity contribution is 0.616. The molecule has 0 radical (unpaired) electrons. The number of halogens is 1. The molecule has 0 bridgehead atoms. The van der Waals surface area contributed by atoms with Crippen molar-refractivity contribution in [2.75, 3.05) is 0 Å². The van der Waals surface area contributed by atoms with Crippen molar-refractivity contribution in [3.8, 4) is 0 Å². The standard InChI is InChI=1S/C11H15F.C2H6/c1-3-9(4-2)10-5-7-11(12)8-6-10;1-2/h5-9H,3-4H2,1-2H3;1-2H3. The second-order valence-corrected chi connectivity index (χ2v) is 3.06. The molecule has 1 rings (SSSR count). The lowest BCUT2D eigenvalue weighted by Gasteiger charge is -2.11. The third kappa shape index (κ3) is 3.91. The topological polar surface area (TPSA) is 0 Å². The van der Waals surface area contributed by atoms with Gasteiger partial charge in [-0.3, -0.25) is 0 Å². The van der Waals surface area contributed by atoms with Crippen LogP contribution in [0.5, 0.6) is 0 Å². The van der Waals surface area contributed by atoms with Gasteiger partial charge >= 0.3 is 0 Å². The summed E-state index contributed by atoms with van der Waals surface area (Å²) >= 11 is 0. The zero-order valence-corrected chi connectivity index (χ0v) is 9.68. The highest BCUT2D eigenvalue weighted by Gasteiger charge is 2.05. The summed E-state index contributed by atoms with van der Waals surface area (Å²) in [6.07, 6.45) is 2.25. The molecule has 0 saturated heterocycles. The van der Waals surface area contributed by atoms with E-state index in [-0.39, 0.29) is 5.82 Å². The van der Waals surface area contributed by atoms with Crippen molar-refractivity contribution in [1.82, 2.24) is 0 Å². The Morgan fingerprint density at radius 2 is 1.43 bits per heavy atom. The van der Waals surface area contributed by atoms with Crippen molar-refractivity contribution in [2.24, 2.45) is 0 Å². The molecule has 1 heteroatoms. The van der Waals surface area contributed by atoms with Crippen LogP contribution in [0, 0.1) is 5.82 Å². The van der Waals surface area contributed by atoms with Gasteiger partial charge < -0.3 is 0 Å². The molecule has 0 spiro atoms. The van der Waals surface area contributed by atoms with Gasteiger partial charge in [-0.15, -0.1) is 0 Å². The van der Waals surface area contributed by atoms with Gasteiger partial charge in [0.2, 0.25) is 0 Å². The summed E-state index contributed by atoms with van der Waals surface area (Å²) in [5, 5.41) is 0. The van der Waals surface area contributed by atoms with Crippen molar-refractivity contribution in [1.29, 1.82) is 0 Å². The number of hydrogen-bond donors (Lipinski definition) is 0. The van der Waals surface area contributed by atoms with E-state index in [1.54, 1.807) is 0 Å². The first-order valence-corrected chi connectivity index (χ1v) is 5.53. The lowest BCUT2D eigenvalue weighted by Crippen LogP contribution is -1.94. The van der Waals surface area contributed by atoms with Crippen LogP contribution in [0.25, 0.3) is 0 Å². The minimum absolute atomic E-state index is 0.148. The van der Waals surface area contributed by atoms with Crippen LogP contribution in [-0.2, 0) is 0 Å². The zero-order chi connectivity index (χ0) is 11.0. The maximum atomic E-state index is 12.6. The normalized spacial score (nSPS) is 9.57. The zero-order valence-electron chi connectivity index (χ0n) is 9.68. The molecule has 0 aliphatic rings. The smallest absolute Gasteiger partial charge is 0.123 e. The van der Waals surface area contributed by atoms with E-state index < -0.39 is 0 Å². The van der Waals surface area contributed by atoms with Crippen molar-refractivity contribution in [3.05, 3.63) is 35.6 Å². The van der Waals surface area contributed by atoms with Crippen LogP contribution in [0.2, 0.25) is 0 Å². The predicted molar refractivity (Wildman–Crippen MR) is 61.1 cm³/mol. The molecular formula is C13H21F. The molecule has 0 N–H and O–H groups in total. The Bertz CT molecular complexity index is 221. The summed E-state index contributed by atoms with van der Waals surface area (Å²) in [5.74, 6) is 0.440. The average molecular weight is 196 g/mol. The Morgan fingerprint density at radius 3 is 1.79 bits per heavy atom. The highest BCUT2D eigenvalue weighted by atomic mass is 19.1. The molecule has 0 aliphatic heterocycles. The average Bonchev–Trinajstić information content (AvgIpc) is 2.25. The molecule has 1 aromatic rings. The van der Waals surface area contributed by atoms with Gasteiger partial charge in [-0.25, -0.2) is 4.39 Å². The fourth-order valence-electron chi connectivity index (χ4n) is 1.50. The van der Waals surface area contributed by atoms with Crippen molar-refractivity contribution in [2.45, 2.75) is 46.5 Å². The third-order valence-electron chi connectivity index (χ3n) is 2.33. The van der Waals surface area contributed by atoms with Crippen LogP contribution in [0.1, 0.15) is 52.0 Å². The number of rotatable bonds is 3. The summed E-state index contributed by atoms with van der Waals surface area (Å²) in [6.45, 7) is 8.33. The first-order valence-electron chi connectivity index (χ1n) is 5.53.